The smallest absolute Gasteiger partial charge is 0.305 e. The molecule has 37 heavy (non-hydrogen) atoms. The van der Waals surface area contributed by atoms with Crippen molar-refractivity contribution in [3.63, 3.8) is 0 Å². The topological polar surface area (TPSA) is 107 Å². The zero-order valence-electron chi connectivity index (χ0n) is 20.8. The molecule has 0 atom stereocenters. The second kappa shape index (κ2) is 11.3. The molecule has 1 amide bonds. The molecule has 8 nitrogen and oxygen atoms in total. The standard InChI is InChI=1S/C27H28N4O4S2/c1-17-20(15-22-26(35)31(27(36)37-22)13-10-23(32)33)24(29(2)25(34)21(17)16-28)30-11-8-19(9-12-30)14-18-6-4-3-5-7-18/h3-7,15,19H,8-14H2,1-2H3,(H,32,33). The van der Waals surface area contributed by atoms with Crippen molar-refractivity contribution in [3.8, 4) is 6.07 Å². The van der Waals surface area contributed by atoms with E-state index in [0.717, 1.165) is 44.1 Å². The zero-order valence-corrected chi connectivity index (χ0v) is 22.4. The number of nitrogens with zero attached hydrogens (tertiary/aromatic N) is 4. The molecule has 0 saturated carbocycles. The van der Waals surface area contributed by atoms with Gasteiger partial charge in [0.25, 0.3) is 11.5 Å². The maximum absolute atomic E-state index is 13.1. The maximum atomic E-state index is 13.1. The van der Waals surface area contributed by atoms with E-state index in [4.69, 9.17) is 17.3 Å². The van der Waals surface area contributed by atoms with Crippen LogP contribution in [0.25, 0.3) is 6.08 Å². The minimum absolute atomic E-state index is 0.00513. The predicted octanol–water partition coefficient (Wildman–Crippen LogP) is 3.70. The molecule has 1 N–H and O–H groups in total. The van der Waals surface area contributed by atoms with E-state index >= 15 is 0 Å². The van der Waals surface area contributed by atoms with E-state index in [-0.39, 0.29) is 30.0 Å². The number of nitriles is 1. The Morgan fingerprint density at radius 1 is 1.24 bits per heavy atom. The highest BCUT2D eigenvalue weighted by molar-refractivity contribution is 8.26. The fraction of sp³-hybridized carbons (Fsp3) is 0.370. The SMILES string of the molecule is Cc1c(C=C2SC(=S)N(CCC(=O)O)C2=O)c(N2CCC(Cc3ccccc3)CC2)n(C)c(=O)c1C#N. The van der Waals surface area contributed by atoms with Crippen LogP contribution in [-0.4, -0.2) is 50.4 Å². The van der Waals surface area contributed by atoms with Crippen LogP contribution in [-0.2, 0) is 23.1 Å². The number of carboxylic acid groups (broad SMARTS) is 1. The number of carbonyl (C=O) groups excluding carboxylic acids is 1. The Bertz CT molecular complexity index is 1370. The first-order chi connectivity index (χ1) is 17.7. The van der Waals surface area contributed by atoms with Crippen LogP contribution in [0.15, 0.2) is 40.0 Å². The van der Waals surface area contributed by atoms with E-state index in [1.807, 2.05) is 12.1 Å². The fourth-order valence-corrected chi connectivity index (χ4v) is 6.21. The molecule has 2 aliphatic heterocycles. The Labute approximate surface area is 225 Å². The predicted molar refractivity (Wildman–Crippen MR) is 148 cm³/mol. The van der Waals surface area contributed by atoms with Crippen LogP contribution in [0, 0.1) is 24.2 Å². The van der Waals surface area contributed by atoms with Gasteiger partial charge in [0, 0.05) is 32.2 Å². The van der Waals surface area contributed by atoms with Gasteiger partial charge in [0.15, 0.2) is 0 Å². The summed E-state index contributed by atoms with van der Waals surface area (Å²) >= 11 is 6.44. The van der Waals surface area contributed by atoms with Gasteiger partial charge >= 0.3 is 5.97 Å². The van der Waals surface area contributed by atoms with Gasteiger partial charge in [0.2, 0.25) is 0 Å². The average molecular weight is 537 g/mol. The average Bonchev–Trinajstić information content (AvgIpc) is 3.15. The van der Waals surface area contributed by atoms with E-state index in [1.54, 1.807) is 20.0 Å². The highest BCUT2D eigenvalue weighted by Crippen LogP contribution is 2.36. The van der Waals surface area contributed by atoms with Crippen molar-refractivity contribution >= 4 is 52.1 Å². The molecule has 0 bridgehead atoms. The van der Waals surface area contributed by atoms with E-state index in [0.29, 0.717) is 32.1 Å². The maximum Gasteiger partial charge on any atom is 0.305 e. The number of anilines is 1. The monoisotopic (exact) mass is 536 g/mol. The van der Waals surface area contributed by atoms with Gasteiger partial charge in [-0.2, -0.15) is 5.26 Å². The number of carbonyl (C=O) groups is 2. The Morgan fingerprint density at radius 3 is 2.54 bits per heavy atom. The lowest BCUT2D eigenvalue weighted by atomic mass is 9.90. The molecule has 0 unspecified atom stereocenters. The third kappa shape index (κ3) is 5.63. The van der Waals surface area contributed by atoms with Crippen molar-refractivity contribution in [1.82, 2.24) is 9.47 Å². The molecule has 0 radical (unpaired) electrons. The van der Waals surface area contributed by atoms with Crippen molar-refractivity contribution in [2.45, 2.75) is 32.6 Å². The lowest BCUT2D eigenvalue weighted by Crippen LogP contribution is -2.39. The van der Waals surface area contributed by atoms with Crippen molar-refractivity contribution in [2.75, 3.05) is 24.5 Å². The van der Waals surface area contributed by atoms with Crippen LogP contribution in [0.4, 0.5) is 5.82 Å². The van der Waals surface area contributed by atoms with E-state index < -0.39 is 5.97 Å². The molecular formula is C27H28N4O4S2. The molecular weight excluding hydrogens is 508 g/mol. The Hall–Kier alpha value is -3.42. The number of amides is 1. The number of pyridine rings is 1. The number of aliphatic carboxylic acids is 1. The molecule has 0 spiro atoms. The van der Waals surface area contributed by atoms with Crippen molar-refractivity contribution in [2.24, 2.45) is 13.0 Å². The summed E-state index contributed by atoms with van der Waals surface area (Å²) in [7, 11) is 1.66. The molecule has 2 saturated heterocycles. The molecule has 3 heterocycles. The summed E-state index contributed by atoms with van der Waals surface area (Å²) in [5.41, 5.74) is 2.14. The molecule has 10 heteroatoms. The summed E-state index contributed by atoms with van der Waals surface area (Å²) in [6.07, 6.45) is 4.41. The minimum atomic E-state index is -1.01. The van der Waals surface area contributed by atoms with Crippen molar-refractivity contribution in [3.05, 3.63) is 67.8 Å². The van der Waals surface area contributed by atoms with Crippen LogP contribution in [0.1, 0.15) is 41.5 Å². The van der Waals surface area contributed by atoms with Crippen molar-refractivity contribution < 1.29 is 14.7 Å². The van der Waals surface area contributed by atoms with Gasteiger partial charge in [0.1, 0.15) is 21.8 Å². The lowest BCUT2D eigenvalue weighted by molar-refractivity contribution is -0.137. The van der Waals surface area contributed by atoms with Gasteiger partial charge in [-0.15, -0.1) is 0 Å². The van der Waals surface area contributed by atoms with Crippen LogP contribution in [0.2, 0.25) is 0 Å². The van der Waals surface area contributed by atoms with Crippen LogP contribution >= 0.6 is 24.0 Å². The Balaban J connectivity index is 1.66. The Morgan fingerprint density at radius 2 is 1.92 bits per heavy atom. The Kier molecular flexibility index (Phi) is 8.15. The molecule has 192 valence electrons. The van der Waals surface area contributed by atoms with E-state index in [1.165, 1.54) is 15.0 Å². The van der Waals surface area contributed by atoms with Crippen LogP contribution in [0.5, 0.6) is 0 Å². The number of hydrogen-bond acceptors (Lipinski definition) is 7. The largest absolute Gasteiger partial charge is 0.481 e. The molecule has 1 aromatic heterocycles. The first kappa shape index (κ1) is 26.6. The number of thioether (sulfide) groups is 1. The van der Waals surface area contributed by atoms with E-state index in [2.05, 4.69) is 29.2 Å². The summed E-state index contributed by atoms with van der Waals surface area (Å²) in [4.78, 5) is 40.9. The van der Waals surface area contributed by atoms with Crippen LogP contribution < -0.4 is 10.5 Å². The summed E-state index contributed by atoms with van der Waals surface area (Å²) in [6.45, 7) is 3.21. The summed E-state index contributed by atoms with van der Waals surface area (Å²) in [5, 5.41) is 18.7. The molecule has 2 aromatic rings. The zero-order chi connectivity index (χ0) is 26.7. The van der Waals surface area contributed by atoms with Gasteiger partial charge in [-0.3, -0.25) is 23.9 Å². The van der Waals surface area contributed by atoms with Crippen molar-refractivity contribution in [1.29, 1.82) is 5.26 Å². The highest BCUT2D eigenvalue weighted by atomic mass is 32.2. The number of hydrogen-bond donors (Lipinski definition) is 1. The summed E-state index contributed by atoms with van der Waals surface area (Å²) < 4.78 is 1.80. The first-order valence-electron chi connectivity index (χ1n) is 12.1. The second-order valence-corrected chi connectivity index (χ2v) is 11.0. The van der Waals surface area contributed by atoms with Gasteiger partial charge in [-0.1, -0.05) is 54.3 Å². The number of rotatable bonds is 7. The highest BCUT2D eigenvalue weighted by Gasteiger charge is 2.33. The molecule has 1 aromatic carbocycles. The molecule has 4 rings (SSSR count). The number of benzene rings is 1. The van der Waals surface area contributed by atoms with Gasteiger partial charge in [0.05, 0.1) is 11.3 Å². The molecule has 2 fully saturated rings. The quantitative estimate of drug-likeness (QED) is 0.422. The summed E-state index contributed by atoms with van der Waals surface area (Å²) in [5.74, 6) is -0.168. The lowest BCUT2D eigenvalue weighted by Gasteiger charge is -2.36. The summed E-state index contributed by atoms with van der Waals surface area (Å²) in [6, 6.07) is 12.4. The molecule has 0 aliphatic carbocycles. The third-order valence-electron chi connectivity index (χ3n) is 6.95. The van der Waals surface area contributed by atoms with E-state index in [9.17, 15) is 19.6 Å². The second-order valence-electron chi connectivity index (χ2n) is 9.31. The number of carboxylic acids is 1. The van der Waals surface area contributed by atoms with Gasteiger partial charge < -0.3 is 10.0 Å². The number of thiocarbonyl (C=S) groups is 1. The number of piperidine rings is 1. The fourth-order valence-electron chi connectivity index (χ4n) is 4.92. The third-order valence-corrected chi connectivity index (χ3v) is 8.33. The van der Waals surface area contributed by atoms with Gasteiger partial charge in [-0.25, -0.2) is 0 Å². The first-order valence-corrected chi connectivity index (χ1v) is 13.3. The molecule has 2 aliphatic rings. The minimum Gasteiger partial charge on any atom is -0.481 e. The normalized spacial score (nSPS) is 17.5. The number of aromatic nitrogens is 1. The van der Waals surface area contributed by atoms with Crippen LogP contribution in [0.3, 0.4) is 0 Å². The van der Waals surface area contributed by atoms with Gasteiger partial charge in [-0.05, 0) is 49.3 Å².